The molecule has 1 amide bonds. The molecule has 40 heavy (non-hydrogen) atoms. The minimum atomic E-state index is -1.07. The molecule has 7 atom stereocenters. The third-order valence-corrected chi connectivity index (χ3v) is 11.0. The maximum atomic E-state index is 12.8. The predicted molar refractivity (Wildman–Crippen MR) is 156 cm³/mol. The molecular formula is C31H53N4O5+. The highest BCUT2D eigenvalue weighted by atomic mass is 16.7. The summed E-state index contributed by atoms with van der Waals surface area (Å²) in [4.78, 5) is 30.8. The third kappa shape index (κ3) is 6.57. The zero-order chi connectivity index (χ0) is 29.3. The summed E-state index contributed by atoms with van der Waals surface area (Å²) in [7, 11) is 6.33. The van der Waals surface area contributed by atoms with Crippen molar-refractivity contribution in [2.24, 2.45) is 39.7 Å². The summed E-state index contributed by atoms with van der Waals surface area (Å²) in [6, 6.07) is 0. The molecule has 4 aliphatic carbocycles. The van der Waals surface area contributed by atoms with Gasteiger partial charge < -0.3 is 20.0 Å². The molecular weight excluding hydrogens is 508 g/mol. The first-order valence-electron chi connectivity index (χ1n) is 15.4. The van der Waals surface area contributed by atoms with Gasteiger partial charge in [-0.25, -0.2) is 4.79 Å². The number of rotatable bonds is 10. The van der Waals surface area contributed by atoms with Gasteiger partial charge in [0.05, 0.1) is 39.5 Å². The van der Waals surface area contributed by atoms with E-state index in [1.165, 1.54) is 29.7 Å². The van der Waals surface area contributed by atoms with E-state index in [-0.39, 0.29) is 29.4 Å². The topological polar surface area (TPSA) is 111 Å². The van der Waals surface area contributed by atoms with E-state index in [2.05, 4.69) is 51.5 Å². The van der Waals surface area contributed by atoms with Crippen molar-refractivity contribution >= 4 is 17.8 Å². The number of carbonyl (C=O) groups is 2. The van der Waals surface area contributed by atoms with E-state index in [9.17, 15) is 19.8 Å². The van der Waals surface area contributed by atoms with Gasteiger partial charge >= 0.3 is 12.1 Å². The van der Waals surface area contributed by atoms with Crippen molar-refractivity contribution in [1.82, 2.24) is 10.2 Å². The van der Waals surface area contributed by atoms with Crippen molar-refractivity contribution in [2.75, 3.05) is 53.9 Å². The van der Waals surface area contributed by atoms with Crippen LogP contribution in [0.2, 0.25) is 0 Å². The Morgan fingerprint density at radius 2 is 1.85 bits per heavy atom. The van der Waals surface area contributed by atoms with Crippen molar-refractivity contribution in [1.29, 1.82) is 0 Å². The first kappa shape index (κ1) is 31.0. The number of hydrogen-bond acceptors (Lipinski definition) is 6. The number of hydrogen-bond donors (Lipinski definition) is 3. The van der Waals surface area contributed by atoms with Crippen molar-refractivity contribution in [3.63, 3.8) is 0 Å². The number of oxime groups is 1. The summed E-state index contributed by atoms with van der Waals surface area (Å²) in [5, 5.41) is 27.2. The van der Waals surface area contributed by atoms with Gasteiger partial charge in [0, 0.05) is 25.6 Å². The van der Waals surface area contributed by atoms with Crippen LogP contribution in [0.15, 0.2) is 16.8 Å². The number of nitrogens with zero attached hydrogens (tertiary/aromatic N) is 3. The van der Waals surface area contributed by atoms with E-state index in [1.54, 1.807) is 0 Å². The molecule has 9 nitrogen and oxygen atoms in total. The Morgan fingerprint density at radius 1 is 1.10 bits per heavy atom. The van der Waals surface area contributed by atoms with E-state index in [1.807, 2.05) is 6.92 Å². The highest BCUT2D eigenvalue weighted by molar-refractivity contribution is 5.86. The maximum absolute atomic E-state index is 12.8. The quantitative estimate of drug-likeness (QED) is 0.0924. The van der Waals surface area contributed by atoms with E-state index in [0.29, 0.717) is 24.3 Å². The Hall–Kier alpha value is -1.97. The molecule has 4 aliphatic rings. The number of aliphatic carboxylic acids is 1. The zero-order valence-corrected chi connectivity index (χ0v) is 25.6. The van der Waals surface area contributed by atoms with Crippen LogP contribution < -0.4 is 5.32 Å². The van der Waals surface area contributed by atoms with Crippen LogP contribution >= 0.6 is 0 Å². The molecule has 0 heterocycles. The molecule has 3 N–H and O–H groups in total. The summed E-state index contributed by atoms with van der Waals surface area (Å²) >= 11 is 0. The molecule has 4 rings (SSSR count). The lowest BCUT2D eigenvalue weighted by atomic mass is 9.46. The standard InChI is InChI=1S/C31H52N4O5/c1-21(33-40-29(39)34(20-28(37)38)17-15-32-16-18-35(4,5)6)25-9-10-26-24-8-7-22-19-23(36)11-13-30(22,2)27(24)12-14-31(25,26)3/h19,23-27,32,36H,7-18,20H2,1-6H3/p+1/b33-21+/t23-,24-,25+,26-,27-,30-,31+/m0/s1. The molecule has 0 aliphatic heterocycles. The molecule has 0 saturated heterocycles. The van der Waals surface area contributed by atoms with Gasteiger partial charge in [-0.3, -0.25) is 14.5 Å². The number of aliphatic hydroxyl groups excluding tert-OH is 1. The number of carbonyl (C=O) groups excluding carboxylic acids is 1. The van der Waals surface area contributed by atoms with E-state index in [4.69, 9.17) is 4.84 Å². The molecule has 0 unspecified atom stereocenters. The minimum absolute atomic E-state index is 0.128. The predicted octanol–water partition coefficient (Wildman–Crippen LogP) is 4.12. The second kappa shape index (κ2) is 12.1. The van der Waals surface area contributed by atoms with Crippen LogP contribution in [-0.4, -0.2) is 97.3 Å². The lowest BCUT2D eigenvalue weighted by Gasteiger charge is -2.58. The van der Waals surface area contributed by atoms with Crippen LogP contribution in [0.25, 0.3) is 0 Å². The second-order valence-electron chi connectivity index (χ2n) is 14.5. The molecule has 9 heteroatoms. The lowest BCUT2D eigenvalue weighted by molar-refractivity contribution is -0.869. The van der Waals surface area contributed by atoms with Crippen molar-refractivity contribution in [3.05, 3.63) is 11.6 Å². The highest BCUT2D eigenvalue weighted by Gasteiger charge is 2.59. The lowest BCUT2D eigenvalue weighted by Crippen LogP contribution is -2.51. The number of allylic oxidation sites excluding steroid dienone is 1. The fourth-order valence-corrected chi connectivity index (χ4v) is 8.78. The molecule has 0 aromatic carbocycles. The van der Waals surface area contributed by atoms with E-state index >= 15 is 0 Å². The largest absolute Gasteiger partial charge is 0.480 e. The number of nitrogens with one attached hydrogen (secondary N) is 1. The Balaban J connectivity index is 1.37. The van der Waals surface area contributed by atoms with Gasteiger partial charge in [-0.05, 0) is 86.9 Å². The number of carboxylic acids is 1. The van der Waals surface area contributed by atoms with Crippen LogP contribution in [0, 0.1) is 34.5 Å². The van der Waals surface area contributed by atoms with Crippen molar-refractivity contribution in [2.45, 2.75) is 78.2 Å². The number of fused-ring (bicyclic) bond motifs is 5. The summed E-state index contributed by atoms with van der Waals surface area (Å²) in [5.74, 6) is 1.18. The Kier molecular flexibility index (Phi) is 9.37. The second-order valence-corrected chi connectivity index (χ2v) is 14.5. The molecule has 3 fully saturated rings. The van der Waals surface area contributed by atoms with Crippen molar-refractivity contribution in [3.8, 4) is 0 Å². The van der Waals surface area contributed by atoms with Crippen LogP contribution in [-0.2, 0) is 9.63 Å². The number of likely N-dealkylation sites (N-methyl/N-ethyl adjacent to an activating group) is 1. The molecule has 0 aromatic heterocycles. The first-order chi connectivity index (χ1) is 18.7. The van der Waals surface area contributed by atoms with Gasteiger partial charge in [0.15, 0.2) is 0 Å². The number of quaternary nitrogens is 1. The minimum Gasteiger partial charge on any atom is -0.480 e. The fraction of sp³-hybridized carbons (Fsp3) is 0.839. The molecule has 0 spiro atoms. The van der Waals surface area contributed by atoms with Crippen LogP contribution in [0.1, 0.15) is 72.1 Å². The smallest absolute Gasteiger partial charge is 0.436 e. The van der Waals surface area contributed by atoms with E-state index < -0.39 is 18.6 Å². The van der Waals surface area contributed by atoms with Gasteiger partial charge in [0.2, 0.25) is 0 Å². The average Bonchev–Trinajstić information content (AvgIpc) is 3.23. The summed E-state index contributed by atoms with van der Waals surface area (Å²) in [6.07, 6.45) is 9.97. The van der Waals surface area contributed by atoms with Gasteiger partial charge in [-0.2, -0.15) is 0 Å². The van der Waals surface area contributed by atoms with Crippen LogP contribution in [0.3, 0.4) is 0 Å². The Morgan fingerprint density at radius 3 is 2.55 bits per heavy atom. The SMILES string of the molecule is C/C(=N\OC(=O)N(CCNCC[N+](C)(C)C)CC(=O)O)[C@H]1CC[C@H]2[C@@H]3CCC4=C[C@@H](O)CC[C@]4(C)[C@H]3CC[C@]12C. The molecule has 3 saturated carbocycles. The third-order valence-electron chi connectivity index (χ3n) is 11.0. The monoisotopic (exact) mass is 561 g/mol. The molecule has 0 aromatic rings. The number of amides is 1. The summed E-state index contributed by atoms with van der Waals surface area (Å²) < 4.78 is 0.825. The number of carboxylic acid groups (broad SMARTS) is 1. The molecule has 226 valence electrons. The maximum Gasteiger partial charge on any atom is 0.436 e. The Labute approximate surface area is 240 Å². The Bertz CT molecular complexity index is 1010. The fourth-order valence-electron chi connectivity index (χ4n) is 8.78. The summed E-state index contributed by atoms with van der Waals surface area (Å²) in [5.41, 5.74) is 2.68. The first-order valence-corrected chi connectivity index (χ1v) is 15.4. The summed E-state index contributed by atoms with van der Waals surface area (Å²) in [6.45, 7) is 8.86. The van der Waals surface area contributed by atoms with Gasteiger partial charge in [-0.1, -0.05) is 30.7 Å². The molecule has 0 bridgehead atoms. The van der Waals surface area contributed by atoms with Gasteiger partial charge in [0.25, 0.3) is 0 Å². The zero-order valence-electron chi connectivity index (χ0n) is 25.6. The number of aliphatic hydroxyl groups is 1. The van der Waals surface area contributed by atoms with Crippen molar-refractivity contribution < 1.29 is 29.1 Å². The van der Waals surface area contributed by atoms with Gasteiger partial charge in [0.1, 0.15) is 6.54 Å². The van der Waals surface area contributed by atoms with E-state index in [0.717, 1.165) is 55.4 Å². The van der Waals surface area contributed by atoms with Crippen LogP contribution in [0.5, 0.6) is 0 Å². The van der Waals surface area contributed by atoms with Gasteiger partial charge in [-0.15, -0.1) is 0 Å². The van der Waals surface area contributed by atoms with Crippen LogP contribution in [0.4, 0.5) is 4.79 Å². The highest BCUT2D eigenvalue weighted by Crippen LogP contribution is 2.66. The molecule has 0 radical (unpaired) electrons. The average molecular weight is 562 g/mol. The normalized spacial score (nSPS) is 35.7.